The number of hydrogen-bond donors (Lipinski definition) is 1. The molecular weight excluding hydrogens is 198 g/mol. The second-order valence-corrected chi connectivity index (χ2v) is 3.83. The van der Waals surface area contributed by atoms with Crippen molar-refractivity contribution in [2.24, 2.45) is 0 Å². The fourth-order valence-corrected chi connectivity index (χ4v) is 1.68. The number of aromatic nitrogens is 1. The molecule has 80 valence electrons. The van der Waals surface area contributed by atoms with Crippen molar-refractivity contribution in [1.29, 1.82) is 0 Å². The minimum Gasteiger partial charge on any atom is -0.387 e. The zero-order valence-corrected chi connectivity index (χ0v) is 9.14. The summed E-state index contributed by atoms with van der Waals surface area (Å²) in [6, 6.07) is 9.68. The molecule has 1 heterocycles. The van der Waals surface area contributed by atoms with Gasteiger partial charge in [0.15, 0.2) is 0 Å². The molecule has 1 N–H and O–H groups in total. The van der Waals surface area contributed by atoms with Crippen molar-refractivity contribution in [3.8, 4) is 12.3 Å². The summed E-state index contributed by atoms with van der Waals surface area (Å²) in [6.07, 6.45) is 4.93. The van der Waals surface area contributed by atoms with Crippen LogP contribution in [0.1, 0.15) is 23.8 Å². The summed E-state index contributed by atoms with van der Waals surface area (Å²) >= 11 is 0. The number of nitrogens with zero attached hydrogens (tertiary/aromatic N) is 1. The molecule has 0 radical (unpaired) electrons. The molecule has 2 aromatic rings. The van der Waals surface area contributed by atoms with Crippen molar-refractivity contribution < 1.29 is 5.11 Å². The lowest BCUT2D eigenvalue weighted by Crippen LogP contribution is -1.96. The molecule has 1 unspecified atom stereocenters. The van der Waals surface area contributed by atoms with Gasteiger partial charge in [0.05, 0.1) is 11.6 Å². The lowest BCUT2D eigenvalue weighted by molar-refractivity contribution is 0.184. The van der Waals surface area contributed by atoms with Gasteiger partial charge in [0, 0.05) is 17.5 Å². The minimum atomic E-state index is -0.587. The van der Waals surface area contributed by atoms with Crippen LogP contribution in [-0.2, 0) is 0 Å². The van der Waals surface area contributed by atoms with E-state index in [-0.39, 0.29) is 0 Å². The fourth-order valence-electron chi connectivity index (χ4n) is 1.68. The van der Waals surface area contributed by atoms with Crippen molar-refractivity contribution in [2.45, 2.75) is 19.4 Å². The molecule has 0 saturated heterocycles. The van der Waals surface area contributed by atoms with Crippen molar-refractivity contribution in [3.05, 3.63) is 41.6 Å². The molecule has 2 rings (SSSR count). The maximum absolute atomic E-state index is 9.77. The predicted molar refractivity (Wildman–Crippen MR) is 64.9 cm³/mol. The van der Waals surface area contributed by atoms with E-state index in [0.717, 1.165) is 22.2 Å². The van der Waals surface area contributed by atoms with Crippen LogP contribution in [0.15, 0.2) is 30.3 Å². The summed E-state index contributed by atoms with van der Waals surface area (Å²) < 4.78 is 0. The van der Waals surface area contributed by atoms with Gasteiger partial charge in [0.2, 0.25) is 0 Å². The van der Waals surface area contributed by atoms with Crippen molar-refractivity contribution in [3.63, 3.8) is 0 Å². The first-order valence-corrected chi connectivity index (χ1v) is 5.19. The molecule has 0 aliphatic heterocycles. The van der Waals surface area contributed by atoms with Crippen molar-refractivity contribution >= 4 is 10.9 Å². The number of hydrogen-bond acceptors (Lipinski definition) is 2. The average molecular weight is 211 g/mol. The van der Waals surface area contributed by atoms with Crippen LogP contribution in [0, 0.1) is 19.3 Å². The van der Waals surface area contributed by atoms with Gasteiger partial charge in [-0.15, -0.1) is 12.3 Å². The van der Waals surface area contributed by atoms with Gasteiger partial charge in [-0.2, -0.15) is 0 Å². The highest BCUT2D eigenvalue weighted by Gasteiger charge is 2.06. The van der Waals surface area contributed by atoms with Gasteiger partial charge in [-0.05, 0) is 30.7 Å². The minimum absolute atomic E-state index is 0.338. The SMILES string of the molecule is C#CCC(O)c1ccc2nc(C)ccc2c1. The van der Waals surface area contributed by atoms with Crippen molar-refractivity contribution in [1.82, 2.24) is 4.98 Å². The van der Waals surface area contributed by atoms with Crippen LogP contribution in [0.2, 0.25) is 0 Å². The number of rotatable bonds is 2. The quantitative estimate of drug-likeness (QED) is 0.774. The van der Waals surface area contributed by atoms with E-state index >= 15 is 0 Å². The first-order chi connectivity index (χ1) is 7.70. The van der Waals surface area contributed by atoms with E-state index in [1.54, 1.807) is 0 Å². The molecule has 16 heavy (non-hydrogen) atoms. The molecule has 1 aromatic heterocycles. The second kappa shape index (κ2) is 4.34. The van der Waals surface area contributed by atoms with E-state index in [4.69, 9.17) is 6.42 Å². The summed E-state index contributed by atoms with van der Waals surface area (Å²) in [5.74, 6) is 2.46. The Hall–Kier alpha value is -1.85. The van der Waals surface area contributed by atoms with Gasteiger partial charge in [-0.3, -0.25) is 4.98 Å². The average Bonchev–Trinajstić information content (AvgIpc) is 2.28. The number of aryl methyl sites for hydroxylation is 1. The van der Waals surface area contributed by atoms with Crippen LogP contribution in [0.3, 0.4) is 0 Å². The number of pyridine rings is 1. The maximum atomic E-state index is 9.77. The molecule has 1 atom stereocenters. The van der Waals surface area contributed by atoms with E-state index < -0.39 is 6.10 Å². The summed E-state index contributed by atoms with van der Waals surface area (Å²) in [7, 11) is 0. The smallest absolute Gasteiger partial charge is 0.0899 e. The van der Waals surface area contributed by atoms with Crippen LogP contribution in [0.25, 0.3) is 10.9 Å². The summed E-state index contributed by atoms with van der Waals surface area (Å²) in [5.41, 5.74) is 2.78. The maximum Gasteiger partial charge on any atom is 0.0899 e. The first kappa shape index (κ1) is 10.7. The van der Waals surface area contributed by atoms with Crippen LogP contribution >= 0.6 is 0 Å². The molecule has 0 aliphatic rings. The highest BCUT2D eigenvalue weighted by atomic mass is 16.3. The predicted octanol–water partition coefficient (Wildman–Crippen LogP) is 2.60. The third-order valence-corrected chi connectivity index (χ3v) is 2.55. The Labute approximate surface area is 95.0 Å². The van der Waals surface area contributed by atoms with Crippen LogP contribution < -0.4 is 0 Å². The molecule has 0 saturated carbocycles. The van der Waals surface area contributed by atoms with Gasteiger partial charge in [0.25, 0.3) is 0 Å². The third kappa shape index (κ3) is 2.05. The summed E-state index contributed by atoms with van der Waals surface area (Å²) in [6.45, 7) is 1.96. The lowest BCUT2D eigenvalue weighted by atomic mass is 10.0. The number of aliphatic hydroxyl groups excluding tert-OH is 1. The molecule has 0 fully saturated rings. The topological polar surface area (TPSA) is 33.1 Å². The largest absolute Gasteiger partial charge is 0.387 e. The molecule has 1 aromatic carbocycles. The number of terminal acetylenes is 1. The molecular formula is C14H13NO. The Morgan fingerprint density at radius 2 is 2.19 bits per heavy atom. The van der Waals surface area contributed by atoms with Crippen LogP contribution in [0.5, 0.6) is 0 Å². The normalized spacial score (nSPS) is 12.3. The number of fused-ring (bicyclic) bond motifs is 1. The summed E-state index contributed by atoms with van der Waals surface area (Å²) in [5, 5.41) is 10.8. The Morgan fingerprint density at radius 3 is 2.94 bits per heavy atom. The highest BCUT2D eigenvalue weighted by Crippen LogP contribution is 2.21. The van der Waals surface area contributed by atoms with E-state index in [2.05, 4.69) is 10.9 Å². The van der Waals surface area contributed by atoms with Gasteiger partial charge in [-0.25, -0.2) is 0 Å². The van der Waals surface area contributed by atoms with E-state index in [1.165, 1.54) is 0 Å². The van der Waals surface area contributed by atoms with Crippen LogP contribution in [0.4, 0.5) is 0 Å². The molecule has 2 heteroatoms. The van der Waals surface area contributed by atoms with Crippen LogP contribution in [-0.4, -0.2) is 10.1 Å². The second-order valence-electron chi connectivity index (χ2n) is 3.83. The van der Waals surface area contributed by atoms with E-state index in [0.29, 0.717) is 6.42 Å². The Morgan fingerprint density at radius 1 is 1.38 bits per heavy atom. The standard InChI is InChI=1S/C14H13NO/c1-3-4-14(16)12-7-8-13-11(9-12)6-5-10(2)15-13/h1,5-9,14,16H,4H2,2H3. The highest BCUT2D eigenvalue weighted by molar-refractivity contribution is 5.79. The van der Waals surface area contributed by atoms with Gasteiger partial charge < -0.3 is 5.11 Å². The first-order valence-electron chi connectivity index (χ1n) is 5.19. The van der Waals surface area contributed by atoms with Gasteiger partial charge >= 0.3 is 0 Å². The number of benzene rings is 1. The zero-order chi connectivity index (χ0) is 11.5. The molecule has 0 amide bonds. The monoisotopic (exact) mass is 211 g/mol. The summed E-state index contributed by atoms with van der Waals surface area (Å²) in [4.78, 5) is 4.40. The zero-order valence-electron chi connectivity index (χ0n) is 9.14. The third-order valence-electron chi connectivity index (χ3n) is 2.55. The molecule has 0 bridgehead atoms. The van der Waals surface area contributed by atoms with Gasteiger partial charge in [0.1, 0.15) is 0 Å². The van der Waals surface area contributed by atoms with E-state index in [1.807, 2.05) is 37.3 Å². The van der Waals surface area contributed by atoms with Gasteiger partial charge in [-0.1, -0.05) is 12.1 Å². The Balaban J connectivity index is 2.45. The Bertz CT molecular complexity index is 554. The molecule has 0 aliphatic carbocycles. The fraction of sp³-hybridized carbons (Fsp3) is 0.214. The van der Waals surface area contributed by atoms with E-state index in [9.17, 15) is 5.11 Å². The lowest BCUT2D eigenvalue weighted by Gasteiger charge is -2.08. The van der Waals surface area contributed by atoms with Crippen molar-refractivity contribution in [2.75, 3.05) is 0 Å². The molecule has 2 nitrogen and oxygen atoms in total. The molecule has 0 spiro atoms. The number of aliphatic hydroxyl groups is 1. The Kier molecular flexibility index (Phi) is 2.89.